The van der Waals surface area contributed by atoms with Crippen molar-refractivity contribution >= 4 is 23.3 Å². The van der Waals surface area contributed by atoms with Crippen molar-refractivity contribution < 1.29 is 15.0 Å². The Kier molecular flexibility index (Phi) is 3.68. The minimum Gasteiger partial charge on any atom is -0.512 e. The van der Waals surface area contributed by atoms with E-state index in [1.807, 2.05) is 0 Å². The van der Waals surface area contributed by atoms with E-state index in [2.05, 4.69) is 0 Å². The molecule has 0 radical (unpaired) electrons. The Hall–Kier alpha value is -1.81. The first-order valence-corrected chi connectivity index (χ1v) is 4.79. The number of halogens is 1. The lowest BCUT2D eigenvalue weighted by atomic mass is 10.0. The molecular weight excluding hydrogens is 230 g/mol. The lowest BCUT2D eigenvalue weighted by molar-refractivity contribution is -0.132. The zero-order chi connectivity index (χ0) is 12.3. The van der Waals surface area contributed by atoms with E-state index in [0.717, 1.165) is 0 Å². The van der Waals surface area contributed by atoms with Gasteiger partial charge in [0.1, 0.15) is 11.3 Å². The number of carboxylic acid groups (broad SMARTS) is 1. The Morgan fingerprint density at radius 2 is 1.75 bits per heavy atom. The SMILES string of the molecule is C/C(O)=C(/C(=N)c1ccc(Cl)cc1)C(=O)O. The van der Waals surface area contributed by atoms with E-state index in [-0.39, 0.29) is 5.71 Å². The summed E-state index contributed by atoms with van der Waals surface area (Å²) in [5, 5.41) is 26.2. The predicted molar refractivity (Wildman–Crippen MR) is 61.2 cm³/mol. The van der Waals surface area contributed by atoms with Crippen molar-refractivity contribution in [1.29, 1.82) is 5.41 Å². The van der Waals surface area contributed by atoms with Crippen LogP contribution in [0.1, 0.15) is 12.5 Å². The maximum absolute atomic E-state index is 10.8. The fraction of sp³-hybridized carbons (Fsp3) is 0.0909. The van der Waals surface area contributed by atoms with Gasteiger partial charge in [0, 0.05) is 10.6 Å². The third-order valence-corrected chi connectivity index (χ3v) is 2.21. The number of nitrogens with one attached hydrogen (secondary N) is 1. The van der Waals surface area contributed by atoms with Crippen LogP contribution in [0.5, 0.6) is 0 Å². The molecule has 0 aliphatic heterocycles. The average molecular weight is 240 g/mol. The first-order valence-electron chi connectivity index (χ1n) is 4.41. The Bertz CT molecular complexity index is 459. The van der Waals surface area contributed by atoms with Gasteiger partial charge < -0.3 is 10.2 Å². The highest BCUT2D eigenvalue weighted by Gasteiger charge is 2.18. The van der Waals surface area contributed by atoms with Crippen molar-refractivity contribution in [3.05, 3.63) is 46.2 Å². The average Bonchev–Trinajstić information content (AvgIpc) is 2.17. The molecule has 4 nitrogen and oxygen atoms in total. The lowest BCUT2D eigenvalue weighted by Crippen LogP contribution is -2.14. The van der Waals surface area contributed by atoms with Gasteiger partial charge in [0.2, 0.25) is 0 Å². The van der Waals surface area contributed by atoms with Crippen molar-refractivity contribution in [2.75, 3.05) is 0 Å². The first kappa shape index (κ1) is 12.3. The molecule has 0 aliphatic rings. The molecule has 0 atom stereocenters. The maximum atomic E-state index is 10.8. The molecule has 84 valence electrons. The van der Waals surface area contributed by atoms with Crippen LogP contribution in [-0.2, 0) is 4.79 Å². The predicted octanol–water partition coefficient (Wildman–Crippen LogP) is 2.62. The Morgan fingerprint density at radius 1 is 1.25 bits per heavy atom. The van der Waals surface area contributed by atoms with Crippen LogP contribution >= 0.6 is 11.6 Å². The third-order valence-electron chi connectivity index (χ3n) is 1.96. The standard InChI is InChI=1S/C11H10ClNO3/c1-6(14)9(11(15)16)10(13)7-2-4-8(12)5-3-7/h2-5,13-14H,1H3,(H,15,16)/b9-6+,13-10?. The summed E-state index contributed by atoms with van der Waals surface area (Å²) in [6.45, 7) is 1.23. The number of benzene rings is 1. The van der Waals surface area contributed by atoms with Gasteiger partial charge in [-0.2, -0.15) is 0 Å². The van der Waals surface area contributed by atoms with Gasteiger partial charge in [-0.15, -0.1) is 0 Å². The molecule has 0 amide bonds. The third kappa shape index (κ3) is 2.61. The number of aliphatic hydroxyl groups excluding tert-OH is 1. The smallest absolute Gasteiger partial charge is 0.341 e. The summed E-state index contributed by atoms with van der Waals surface area (Å²) in [4.78, 5) is 10.8. The maximum Gasteiger partial charge on any atom is 0.341 e. The second kappa shape index (κ2) is 4.81. The number of carboxylic acids is 1. The number of carbonyl (C=O) groups is 1. The van der Waals surface area contributed by atoms with E-state index < -0.39 is 17.3 Å². The molecular formula is C11H10ClNO3. The molecule has 5 heteroatoms. The van der Waals surface area contributed by atoms with Crippen LogP contribution in [0.15, 0.2) is 35.6 Å². The molecule has 0 spiro atoms. The molecule has 0 saturated carbocycles. The van der Waals surface area contributed by atoms with Gasteiger partial charge in [-0.3, -0.25) is 5.41 Å². The number of rotatable bonds is 3. The fourth-order valence-corrected chi connectivity index (χ4v) is 1.33. The second-order valence-electron chi connectivity index (χ2n) is 3.15. The Balaban J connectivity index is 3.16. The highest BCUT2D eigenvalue weighted by molar-refractivity contribution is 6.31. The summed E-state index contributed by atoms with van der Waals surface area (Å²) in [5.74, 6) is -1.73. The minimum absolute atomic E-state index is 0.246. The number of aliphatic hydroxyl groups is 1. The largest absolute Gasteiger partial charge is 0.512 e. The highest BCUT2D eigenvalue weighted by Crippen LogP contribution is 2.15. The molecule has 1 rings (SSSR count). The molecule has 0 heterocycles. The molecule has 0 unspecified atom stereocenters. The van der Waals surface area contributed by atoms with E-state index in [4.69, 9.17) is 22.1 Å². The Labute approximate surface area is 97.3 Å². The summed E-state index contributed by atoms with van der Waals surface area (Å²) in [5.41, 5.74) is -0.276. The molecule has 0 saturated heterocycles. The van der Waals surface area contributed by atoms with Gasteiger partial charge >= 0.3 is 5.97 Å². The van der Waals surface area contributed by atoms with Crippen molar-refractivity contribution in [2.45, 2.75) is 6.92 Å². The van der Waals surface area contributed by atoms with E-state index >= 15 is 0 Å². The second-order valence-corrected chi connectivity index (χ2v) is 3.58. The van der Waals surface area contributed by atoms with Crippen molar-refractivity contribution in [3.63, 3.8) is 0 Å². The monoisotopic (exact) mass is 239 g/mol. The number of hydrogen-bond acceptors (Lipinski definition) is 3. The normalized spacial score (nSPS) is 11.9. The van der Waals surface area contributed by atoms with E-state index in [9.17, 15) is 9.90 Å². The molecule has 1 aromatic rings. The quantitative estimate of drug-likeness (QED) is 0.431. The highest BCUT2D eigenvalue weighted by atomic mass is 35.5. The molecule has 0 aromatic heterocycles. The van der Waals surface area contributed by atoms with Gasteiger partial charge in [-0.05, 0) is 19.1 Å². The molecule has 0 fully saturated rings. The van der Waals surface area contributed by atoms with Gasteiger partial charge in [-0.1, -0.05) is 23.7 Å². The summed E-state index contributed by atoms with van der Waals surface area (Å²) < 4.78 is 0. The Morgan fingerprint density at radius 3 is 2.12 bits per heavy atom. The summed E-state index contributed by atoms with van der Waals surface area (Å²) in [6, 6.07) is 6.16. The van der Waals surface area contributed by atoms with Crippen LogP contribution < -0.4 is 0 Å². The fourth-order valence-electron chi connectivity index (χ4n) is 1.20. The van der Waals surface area contributed by atoms with E-state index in [0.29, 0.717) is 10.6 Å². The number of allylic oxidation sites excluding steroid dienone is 1. The van der Waals surface area contributed by atoms with E-state index in [1.54, 1.807) is 12.1 Å². The van der Waals surface area contributed by atoms with Crippen LogP contribution in [-0.4, -0.2) is 21.9 Å². The molecule has 16 heavy (non-hydrogen) atoms. The van der Waals surface area contributed by atoms with Crippen LogP contribution in [0.25, 0.3) is 0 Å². The summed E-state index contributed by atoms with van der Waals surface area (Å²) in [7, 11) is 0. The van der Waals surface area contributed by atoms with E-state index in [1.165, 1.54) is 19.1 Å². The van der Waals surface area contributed by atoms with Crippen LogP contribution in [0.2, 0.25) is 5.02 Å². The van der Waals surface area contributed by atoms with Gasteiger partial charge in [0.25, 0.3) is 0 Å². The molecule has 3 N–H and O–H groups in total. The minimum atomic E-state index is -1.33. The van der Waals surface area contributed by atoms with Gasteiger partial charge in [0.15, 0.2) is 0 Å². The number of hydrogen-bond donors (Lipinski definition) is 3. The molecule has 0 aliphatic carbocycles. The zero-order valence-electron chi connectivity index (χ0n) is 8.49. The summed E-state index contributed by atoms with van der Waals surface area (Å²) >= 11 is 5.67. The molecule has 1 aromatic carbocycles. The zero-order valence-corrected chi connectivity index (χ0v) is 9.25. The molecule has 0 bridgehead atoms. The number of aliphatic carboxylic acids is 1. The first-order chi connectivity index (χ1) is 7.43. The topological polar surface area (TPSA) is 81.4 Å². The van der Waals surface area contributed by atoms with Crippen molar-refractivity contribution in [1.82, 2.24) is 0 Å². The van der Waals surface area contributed by atoms with Gasteiger partial charge in [-0.25, -0.2) is 4.79 Å². The van der Waals surface area contributed by atoms with Crippen molar-refractivity contribution in [2.24, 2.45) is 0 Å². The van der Waals surface area contributed by atoms with Crippen LogP contribution in [0.3, 0.4) is 0 Å². The lowest BCUT2D eigenvalue weighted by Gasteiger charge is -2.06. The van der Waals surface area contributed by atoms with Crippen LogP contribution in [0, 0.1) is 5.41 Å². The van der Waals surface area contributed by atoms with Gasteiger partial charge in [0.05, 0.1) is 5.71 Å². The summed E-state index contributed by atoms with van der Waals surface area (Å²) in [6.07, 6.45) is 0. The van der Waals surface area contributed by atoms with Crippen LogP contribution in [0.4, 0.5) is 0 Å². The van der Waals surface area contributed by atoms with Crippen molar-refractivity contribution in [3.8, 4) is 0 Å².